The fourth-order valence-corrected chi connectivity index (χ4v) is 1.57. The minimum Gasteiger partial charge on any atom is -0.451 e. The normalized spacial score (nSPS) is 10.3. The van der Waals surface area contributed by atoms with Crippen molar-refractivity contribution in [2.75, 3.05) is 0 Å². The van der Waals surface area contributed by atoms with Gasteiger partial charge in [0.15, 0.2) is 23.1 Å². The molecule has 0 saturated carbocycles. The Kier molecular flexibility index (Phi) is 3.41. The summed E-state index contributed by atoms with van der Waals surface area (Å²) < 4.78 is 32.1. The average molecular weight is 265 g/mol. The van der Waals surface area contributed by atoms with Gasteiger partial charge < -0.3 is 4.74 Å². The zero-order valence-corrected chi connectivity index (χ0v) is 9.89. The zero-order valence-electron chi connectivity index (χ0n) is 9.89. The number of rotatable bonds is 3. The predicted octanol–water partition coefficient (Wildman–Crippen LogP) is 3.97. The summed E-state index contributed by atoms with van der Waals surface area (Å²) in [5, 5.41) is 10.6. The van der Waals surface area contributed by atoms with E-state index in [0.29, 0.717) is 0 Å². The largest absolute Gasteiger partial charge is 0.451 e. The van der Waals surface area contributed by atoms with Gasteiger partial charge in [-0.2, -0.15) is 0 Å². The lowest BCUT2D eigenvalue weighted by Crippen LogP contribution is -1.96. The van der Waals surface area contributed by atoms with Crippen molar-refractivity contribution in [3.63, 3.8) is 0 Å². The molecule has 0 atom stereocenters. The van der Waals surface area contributed by atoms with Crippen molar-refractivity contribution in [2.24, 2.45) is 0 Å². The van der Waals surface area contributed by atoms with E-state index in [1.165, 1.54) is 37.3 Å². The second kappa shape index (κ2) is 5.01. The molecule has 4 nitrogen and oxygen atoms in total. The molecule has 19 heavy (non-hydrogen) atoms. The van der Waals surface area contributed by atoms with Crippen molar-refractivity contribution in [3.05, 3.63) is 63.7 Å². The summed E-state index contributed by atoms with van der Waals surface area (Å²) in [5.74, 6) is -1.96. The molecule has 2 aromatic carbocycles. The monoisotopic (exact) mass is 265 g/mol. The van der Waals surface area contributed by atoms with Gasteiger partial charge in [0.25, 0.3) is 5.69 Å². The number of hydrogen-bond acceptors (Lipinski definition) is 3. The van der Waals surface area contributed by atoms with Gasteiger partial charge >= 0.3 is 0 Å². The predicted molar refractivity (Wildman–Crippen MR) is 64.3 cm³/mol. The van der Waals surface area contributed by atoms with Crippen LogP contribution < -0.4 is 4.74 Å². The van der Waals surface area contributed by atoms with Crippen LogP contribution in [0.1, 0.15) is 5.56 Å². The molecule has 0 amide bonds. The first-order valence-corrected chi connectivity index (χ1v) is 5.36. The molecule has 2 aromatic rings. The smallest absolute Gasteiger partial charge is 0.275 e. The summed E-state index contributed by atoms with van der Waals surface area (Å²) in [6, 6.07) is 7.44. The summed E-state index contributed by atoms with van der Waals surface area (Å²) in [7, 11) is 0. The first-order valence-electron chi connectivity index (χ1n) is 5.36. The summed E-state index contributed by atoms with van der Waals surface area (Å²) in [6.07, 6.45) is 0. The van der Waals surface area contributed by atoms with Crippen LogP contribution in [-0.2, 0) is 0 Å². The van der Waals surface area contributed by atoms with Gasteiger partial charge in [-0.1, -0.05) is 12.1 Å². The van der Waals surface area contributed by atoms with Crippen LogP contribution in [0, 0.1) is 28.7 Å². The van der Waals surface area contributed by atoms with Gasteiger partial charge in [-0.3, -0.25) is 10.1 Å². The van der Waals surface area contributed by atoms with E-state index in [0.717, 1.165) is 6.07 Å². The lowest BCUT2D eigenvalue weighted by Gasteiger charge is -2.08. The van der Waals surface area contributed by atoms with E-state index in [1.807, 2.05) is 0 Å². The standard InChI is InChI=1S/C13H9F2NO3/c1-8-6-13(10(15)7-11(8)16(17)18)19-12-5-3-2-4-9(12)14/h2-7H,1H3. The van der Waals surface area contributed by atoms with Crippen molar-refractivity contribution in [3.8, 4) is 11.5 Å². The number of para-hydroxylation sites is 1. The van der Waals surface area contributed by atoms with E-state index in [9.17, 15) is 18.9 Å². The highest BCUT2D eigenvalue weighted by Crippen LogP contribution is 2.31. The van der Waals surface area contributed by atoms with E-state index in [4.69, 9.17) is 4.74 Å². The minimum atomic E-state index is -0.916. The number of nitro benzene ring substituents is 1. The van der Waals surface area contributed by atoms with E-state index in [-0.39, 0.29) is 22.7 Å². The number of nitrogens with zero attached hydrogens (tertiary/aromatic N) is 1. The summed E-state index contributed by atoms with van der Waals surface area (Å²) in [6.45, 7) is 1.45. The number of benzene rings is 2. The molecule has 0 radical (unpaired) electrons. The highest BCUT2D eigenvalue weighted by molar-refractivity contribution is 5.46. The van der Waals surface area contributed by atoms with Gasteiger partial charge in [-0.25, -0.2) is 8.78 Å². The fraction of sp³-hybridized carbons (Fsp3) is 0.0769. The molecule has 0 aliphatic carbocycles. The van der Waals surface area contributed by atoms with Crippen LogP contribution in [0.25, 0.3) is 0 Å². The van der Waals surface area contributed by atoms with Crippen molar-refractivity contribution in [2.45, 2.75) is 6.92 Å². The Morgan fingerprint density at radius 2 is 1.79 bits per heavy atom. The molecule has 2 rings (SSSR count). The van der Waals surface area contributed by atoms with Gasteiger partial charge in [0.05, 0.1) is 11.0 Å². The van der Waals surface area contributed by atoms with Crippen molar-refractivity contribution in [1.82, 2.24) is 0 Å². The third-order valence-electron chi connectivity index (χ3n) is 2.50. The topological polar surface area (TPSA) is 52.4 Å². The molecule has 0 aromatic heterocycles. The Morgan fingerprint density at radius 1 is 1.11 bits per heavy atom. The SMILES string of the molecule is Cc1cc(Oc2ccccc2F)c(F)cc1[N+](=O)[O-]. The van der Waals surface area contributed by atoms with E-state index < -0.39 is 16.6 Å². The quantitative estimate of drug-likeness (QED) is 0.623. The first kappa shape index (κ1) is 12.9. The third-order valence-corrected chi connectivity index (χ3v) is 2.50. The highest BCUT2D eigenvalue weighted by Gasteiger charge is 2.17. The maximum atomic E-state index is 13.7. The highest BCUT2D eigenvalue weighted by atomic mass is 19.1. The van der Waals surface area contributed by atoms with Crippen LogP contribution in [0.2, 0.25) is 0 Å². The molecular weight excluding hydrogens is 256 g/mol. The Labute approximate surface area is 107 Å². The number of halogens is 2. The van der Waals surface area contributed by atoms with Crippen LogP contribution in [0.3, 0.4) is 0 Å². The van der Waals surface area contributed by atoms with Gasteiger partial charge in [0, 0.05) is 5.56 Å². The second-order valence-corrected chi connectivity index (χ2v) is 3.86. The van der Waals surface area contributed by atoms with Gasteiger partial charge in [-0.05, 0) is 25.1 Å². The molecular formula is C13H9F2NO3. The number of nitro groups is 1. The number of ether oxygens (including phenoxy) is 1. The summed E-state index contributed by atoms with van der Waals surface area (Å²) >= 11 is 0. The molecule has 0 bridgehead atoms. The molecule has 0 heterocycles. The molecule has 0 aliphatic rings. The van der Waals surface area contributed by atoms with Crippen LogP contribution in [0.4, 0.5) is 14.5 Å². The van der Waals surface area contributed by atoms with Crippen LogP contribution >= 0.6 is 0 Å². The molecule has 0 N–H and O–H groups in total. The van der Waals surface area contributed by atoms with E-state index in [1.54, 1.807) is 0 Å². The molecule has 98 valence electrons. The van der Waals surface area contributed by atoms with Gasteiger partial charge in [0.1, 0.15) is 0 Å². The van der Waals surface area contributed by atoms with E-state index in [2.05, 4.69) is 0 Å². The summed E-state index contributed by atoms with van der Waals surface area (Å²) in [4.78, 5) is 9.95. The van der Waals surface area contributed by atoms with Crippen LogP contribution in [0.15, 0.2) is 36.4 Å². The fourth-order valence-electron chi connectivity index (χ4n) is 1.57. The summed E-state index contributed by atoms with van der Waals surface area (Å²) in [5.41, 5.74) is -0.115. The van der Waals surface area contributed by atoms with Gasteiger partial charge in [-0.15, -0.1) is 0 Å². The molecule has 0 fully saturated rings. The Balaban J connectivity index is 2.39. The first-order chi connectivity index (χ1) is 8.99. The van der Waals surface area contributed by atoms with Crippen molar-refractivity contribution in [1.29, 1.82) is 0 Å². The maximum Gasteiger partial charge on any atom is 0.275 e. The molecule has 6 heteroatoms. The Morgan fingerprint density at radius 3 is 2.42 bits per heavy atom. The lowest BCUT2D eigenvalue weighted by molar-refractivity contribution is -0.385. The maximum absolute atomic E-state index is 13.7. The van der Waals surface area contributed by atoms with Crippen molar-refractivity contribution < 1.29 is 18.4 Å². The molecule has 0 unspecified atom stereocenters. The average Bonchev–Trinajstić information content (AvgIpc) is 2.35. The zero-order chi connectivity index (χ0) is 14.0. The molecule has 0 aliphatic heterocycles. The number of aryl methyl sites for hydroxylation is 1. The van der Waals surface area contributed by atoms with Crippen molar-refractivity contribution >= 4 is 5.69 Å². The van der Waals surface area contributed by atoms with E-state index >= 15 is 0 Å². The third kappa shape index (κ3) is 2.67. The lowest BCUT2D eigenvalue weighted by atomic mass is 10.2. The van der Waals surface area contributed by atoms with Crippen LogP contribution in [0.5, 0.6) is 11.5 Å². The Bertz CT molecular complexity index is 644. The number of hydrogen-bond donors (Lipinski definition) is 0. The van der Waals surface area contributed by atoms with Crippen LogP contribution in [-0.4, -0.2) is 4.92 Å². The Hall–Kier alpha value is -2.50. The van der Waals surface area contributed by atoms with Gasteiger partial charge in [0.2, 0.25) is 0 Å². The molecule has 0 saturated heterocycles. The minimum absolute atomic E-state index is 0.144. The molecule has 0 spiro atoms. The second-order valence-electron chi connectivity index (χ2n) is 3.86.